The van der Waals surface area contributed by atoms with Gasteiger partial charge < -0.3 is 10.6 Å². The number of pyridine rings is 2. The van der Waals surface area contributed by atoms with Crippen molar-refractivity contribution < 1.29 is 9.59 Å². The van der Waals surface area contributed by atoms with Gasteiger partial charge in [-0.2, -0.15) is 0 Å². The number of nitrogens with one attached hydrogen (secondary N) is 2. The Balaban J connectivity index is 1.57. The second-order valence-corrected chi connectivity index (χ2v) is 6.70. The van der Waals surface area contributed by atoms with E-state index >= 15 is 0 Å². The fraction of sp³-hybridized carbons (Fsp3) is 0.300. The molecular weight excluding hydrogens is 342 g/mol. The van der Waals surface area contributed by atoms with Crippen molar-refractivity contribution in [3.05, 3.63) is 66.0 Å². The molecule has 27 heavy (non-hydrogen) atoms. The van der Waals surface area contributed by atoms with Gasteiger partial charge in [-0.15, -0.1) is 0 Å². The summed E-state index contributed by atoms with van der Waals surface area (Å²) in [6.45, 7) is 0.301. The van der Waals surface area contributed by atoms with Gasteiger partial charge in [-0.25, -0.2) is 4.98 Å². The molecule has 3 aromatic heterocycles. The number of nitrogens with zero attached hydrogens (tertiary/aromatic N) is 3. The average Bonchev–Trinajstić information content (AvgIpc) is 3.34. The van der Waals surface area contributed by atoms with Crippen molar-refractivity contribution in [2.75, 3.05) is 0 Å². The minimum absolute atomic E-state index is 0.190. The first-order valence-electron chi connectivity index (χ1n) is 9.18. The van der Waals surface area contributed by atoms with Crippen molar-refractivity contribution in [2.45, 2.75) is 38.3 Å². The highest BCUT2D eigenvalue weighted by atomic mass is 16.2. The quantitative estimate of drug-likeness (QED) is 0.728. The molecule has 1 aliphatic rings. The van der Waals surface area contributed by atoms with Crippen LogP contribution in [0.3, 0.4) is 0 Å². The van der Waals surface area contributed by atoms with Crippen LogP contribution in [0.15, 0.2) is 48.8 Å². The number of hydrogen-bond acceptors (Lipinski definition) is 4. The van der Waals surface area contributed by atoms with E-state index in [4.69, 9.17) is 0 Å². The average molecular weight is 363 g/mol. The number of amides is 2. The van der Waals surface area contributed by atoms with Crippen LogP contribution in [0.4, 0.5) is 0 Å². The summed E-state index contributed by atoms with van der Waals surface area (Å²) in [4.78, 5) is 33.9. The lowest BCUT2D eigenvalue weighted by atomic mass is 10.2. The van der Waals surface area contributed by atoms with Gasteiger partial charge in [0.2, 0.25) is 5.82 Å². The largest absolute Gasteiger partial charge is 0.347 e. The summed E-state index contributed by atoms with van der Waals surface area (Å²) in [5.41, 5.74) is 1.60. The number of rotatable bonds is 5. The third-order valence-corrected chi connectivity index (χ3v) is 4.81. The molecule has 7 heteroatoms. The number of imidazole rings is 1. The van der Waals surface area contributed by atoms with E-state index in [9.17, 15) is 9.59 Å². The second-order valence-electron chi connectivity index (χ2n) is 6.70. The minimum atomic E-state index is -0.329. The number of carbonyl (C=O) groups excluding carboxylic acids is 2. The van der Waals surface area contributed by atoms with Crippen LogP contribution in [0.25, 0.3) is 5.52 Å². The van der Waals surface area contributed by atoms with Gasteiger partial charge in [-0.1, -0.05) is 25.0 Å². The molecule has 3 heterocycles. The number of hydrogen-bond donors (Lipinski definition) is 2. The van der Waals surface area contributed by atoms with Gasteiger partial charge in [0.15, 0.2) is 5.69 Å². The fourth-order valence-electron chi connectivity index (χ4n) is 3.44. The number of carbonyl (C=O) groups is 2. The van der Waals surface area contributed by atoms with Crippen LogP contribution >= 0.6 is 0 Å². The molecule has 0 unspecified atom stereocenters. The summed E-state index contributed by atoms with van der Waals surface area (Å²) < 4.78 is 1.67. The molecule has 0 aromatic carbocycles. The molecule has 0 aliphatic heterocycles. The van der Waals surface area contributed by atoms with E-state index in [0.29, 0.717) is 12.1 Å². The van der Waals surface area contributed by atoms with E-state index in [1.807, 2.05) is 30.3 Å². The standard InChI is InChI=1S/C20H21N5O2/c26-19(22-13-15-9-3-5-11-21-15)17-16-10-4-6-12-25(16)18(24-17)20(27)23-14-7-1-2-8-14/h3-6,9-12,14H,1-2,7-8,13H2,(H,22,26)(H,23,27). The maximum atomic E-state index is 12.7. The topological polar surface area (TPSA) is 88.4 Å². The van der Waals surface area contributed by atoms with E-state index < -0.39 is 0 Å². The van der Waals surface area contributed by atoms with Crippen molar-refractivity contribution in [1.29, 1.82) is 0 Å². The zero-order valence-electron chi connectivity index (χ0n) is 14.9. The summed E-state index contributed by atoms with van der Waals surface area (Å²) in [6, 6.07) is 11.1. The van der Waals surface area contributed by atoms with E-state index in [-0.39, 0.29) is 29.4 Å². The van der Waals surface area contributed by atoms with E-state index in [1.54, 1.807) is 22.9 Å². The van der Waals surface area contributed by atoms with Gasteiger partial charge >= 0.3 is 0 Å². The highest BCUT2D eigenvalue weighted by Gasteiger charge is 2.24. The molecule has 4 rings (SSSR count). The Bertz CT molecular complexity index is 961. The molecule has 0 atom stereocenters. The van der Waals surface area contributed by atoms with Crippen molar-refractivity contribution in [3.8, 4) is 0 Å². The first-order chi connectivity index (χ1) is 13.2. The summed E-state index contributed by atoms with van der Waals surface area (Å²) in [7, 11) is 0. The predicted molar refractivity (Wildman–Crippen MR) is 100 cm³/mol. The molecule has 0 radical (unpaired) electrons. The van der Waals surface area contributed by atoms with Gasteiger partial charge in [-0.3, -0.25) is 19.0 Å². The van der Waals surface area contributed by atoms with Crippen LogP contribution in [0.2, 0.25) is 0 Å². The second kappa shape index (κ2) is 7.57. The molecule has 0 spiro atoms. The molecule has 2 N–H and O–H groups in total. The summed E-state index contributed by atoms with van der Waals surface area (Å²) in [5.74, 6) is -0.336. The summed E-state index contributed by atoms with van der Waals surface area (Å²) >= 11 is 0. The van der Waals surface area contributed by atoms with Crippen molar-refractivity contribution in [3.63, 3.8) is 0 Å². The van der Waals surface area contributed by atoms with Crippen LogP contribution in [-0.2, 0) is 6.54 Å². The SMILES string of the molecule is O=C(NCc1ccccn1)c1nc(C(=O)NC2CCCC2)n2ccccc12. The highest BCUT2D eigenvalue weighted by molar-refractivity contribution is 6.02. The van der Waals surface area contributed by atoms with E-state index in [1.165, 1.54) is 0 Å². The Kier molecular flexibility index (Phi) is 4.82. The highest BCUT2D eigenvalue weighted by Crippen LogP contribution is 2.19. The summed E-state index contributed by atoms with van der Waals surface area (Å²) in [6.07, 6.45) is 7.68. The Morgan fingerprint density at radius 3 is 2.67 bits per heavy atom. The first kappa shape index (κ1) is 17.2. The monoisotopic (exact) mass is 363 g/mol. The van der Waals surface area contributed by atoms with Crippen molar-refractivity contribution in [1.82, 2.24) is 25.0 Å². The first-order valence-corrected chi connectivity index (χ1v) is 9.18. The Morgan fingerprint density at radius 1 is 1.07 bits per heavy atom. The van der Waals surface area contributed by atoms with Gasteiger partial charge in [-0.05, 0) is 37.1 Å². The predicted octanol–water partition coefficient (Wildman–Crippen LogP) is 2.33. The van der Waals surface area contributed by atoms with Crippen LogP contribution < -0.4 is 10.6 Å². The maximum absolute atomic E-state index is 12.7. The fourth-order valence-corrected chi connectivity index (χ4v) is 3.44. The molecule has 0 saturated heterocycles. The molecular formula is C20H21N5O2. The molecule has 0 bridgehead atoms. The molecule has 1 aliphatic carbocycles. The lowest BCUT2D eigenvalue weighted by Crippen LogP contribution is -2.34. The van der Waals surface area contributed by atoms with E-state index in [0.717, 1.165) is 31.4 Å². The normalized spacial score (nSPS) is 14.4. The maximum Gasteiger partial charge on any atom is 0.287 e. The van der Waals surface area contributed by atoms with Crippen LogP contribution in [-0.4, -0.2) is 32.2 Å². The third kappa shape index (κ3) is 3.67. The van der Waals surface area contributed by atoms with Crippen LogP contribution in [0, 0.1) is 0 Å². The molecule has 138 valence electrons. The molecule has 1 saturated carbocycles. The van der Waals surface area contributed by atoms with Crippen LogP contribution in [0.1, 0.15) is 52.5 Å². The third-order valence-electron chi connectivity index (χ3n) is 4.81. The zero-order valence-corrected chi connectivity index (χ0v) is 14.9. The van der Waals surface area contributed by atoms with Crippen LogP contribution in [0.5, 0.6) is 0 Å². The Hall–Kier alpha value is -3.22. The van der Waals surface area contributed by atoms with Gasteiger partial charge in [0, 0.05) is 18.4 Å². The van der Waals surface area contributed by atoms with Gasteiger partial charge in [0.25, 0.3) is 11.8 Å². The Labute approximate surface area is 156 Å². The lowest BCUT2D eigenvalue weighted by molar-refractivity contribution is 0.0926. The Morgan fingerprint density at radius 2 is 1.89 bits per heavy atom. The molecule has 3 aromatic rings. The van der Waals surface area contributed by atoms with E-state index in [2.05, 4.69) is 20.6 Å². The molecule has 7 nitrogen and oxygen atoms in total. The summed E-state index contributed by atoms with van der Waals surface area (Å²) in [5, 5.41) is 5.86. The minimum Gasteiger partial charge on any atom is -0.347 e. The van der Waals surface area contributed by atoms with Gasteiger partial charge in [0.05, 0.1) is 17.8 Å². The van der Waals surface area contributed by atoms with Crippen molar-refractivity contribution >= 4 is 17.3 Å². The lowest BCUT2D eigenvalue weighted by Gasteiger charge is -2.10. The number of fused-ring (bicyclic) bond motifs is 1. The zero-order chi connectivity index (χ0) is 18.6. The molecule has 1 fully saturated rings. The molecule has 2 amide bonds. The smallest absolute Gasteiger partial charge is 0.287 e. The van der Waals surface area contributed by atoms with Crippen molar-refractivity contribution in [2.24, 2.45) is 0 Å². The number of aromatic nitrogens is 3. The van der Waals surface area contributed by atoms with Gasteiger partial charge in [0.1, 0.15) is 0 Å².